The van der Waals surface area contributed by atoms with Crippen molar-refractivity contribution in [1.29, 1.82) is 0 Å². The van der Waals surface area contributed by atoms with Gasteiger partial charge in [0.25, 0.3) is 0 Å². The lowest BCUT2D eigenvalue weighted by Gasteiger charge is -2.12. The van der Waals surface area contributed by atoms with E-state index in [4.69, 9.17) is 25.8 Å². The minimum Gasteiger partial charge on any atom is -0.493 e. The average molecular weight is 508 g/mol. The molecule has 36 heavy (non-hydrogen) atoms. The highest BCUT2D eigenvalue weighted by Crippen LogP contribution is 2.36. The zero-order valence-electron chi connectivity index (χ0n) is 19.7. The van der Waals surface area contributed by atoms with E-state index in [9.17, 15) is 14.0 Å². The van der Waals surface area contributed by atoms with E-state index in [1.165, 1.54) is 12.1 Å². The molecular weight excluding hydrogens is 485 g/mol. The number of rotatable bonds is 10. The molecule has 0 amide bonds. The quantitative estimate of drug-likeness (QED) is 0.240. The summed E-state index contributed by atoms with van der Waals surface area (Å²) in [6.45, 7) is 0. The van der Waals surface area contributed by atoms with Crippen molar-refractivity contribution in [3.63, 3.8) is 0 Å². The van der Waals surface area contributed by atoms with Crippen LogP contribution in [0.5, 0.6) is 23.0 Å². The molecule has 184 valence electrons. The third-order valence-electron chi connectivity index (χ3n) is 5.56. The summed E-state index contributed by atoms with van der Waals surface area (Å²) in [6.07, 6.45) is 1.51. The molecule has 0 aliphatic heterocycles. The van der Waals surface area contributed by atoms with Crippen LogP contribution in [0.15, 0.2) is 66.9 Å². The molecule has 0 aliphatic carbocycles. The predicted molar refractivity (Wildman–Crippen MR) is 135 cm³/mol. The number of carbonyl (C=O) groups is 2. The second-order valence-corrected chi connectivity index (χ2v) is 8.53. The van der Waals surface area contributed by atoms with Gasteiger partial charge in [-0.1, -0.05) is 29.8 Å². The maximum Gasteiger partial charge on any atom is 0.162 e. The number of carbonyl (C=O) groups excluding carboxylic acids is 2. The van der Waals surface area contributed by atoms with E-state index in [2.05, 4.69) is 4.98 Å². The molecule has 4 rings (SSSR count). The van der Waals surface area contributed by atoms with Gasteiger partial charge in [0, 0.05) is 35.5 Å². The van der Waals surface area contributed by atoms with E-state index in [1.54, 1.807) is 62.9 Å². The second-order valence-electron chi connectivity index (χ2n) is 8.12. The lowest BCUT2D eigenvalue weighted by atomic mass is 10.0. The van der Waals surface area contributed by atoms with Gasteiger partial charge < -0.3 is 14.2 Å². The maximum absolute atomic E-state index is 13.2. The Bertz CT molecular complexity index is 1420. The number of ketones is 2. The van der Waals surface area contributed by atoms with E-state index >= 15 is 0 Å². The molecule has 0 fully saturated rings. The Labute approximate surface area is 212 Å². The smallest absolute Gasteiger partial charge is 0.162 e. The molecule has 3 aromatic carbocycles. The Balaban J connectivity index is 1.39. The number of hydrogen-bond donors (Lipinski definition) is 0. The van der Waals surface area contributed by atoms with E-state index < -0.39 is 5.82 Å². The molecule has 0 radical (unpaired) electrons. The highest BCUT2D eigenvalue weighted by atomic mass is 35.5. The highest BCUT2D eigenvalue weighted by Gasteiger charge is 2.14. The van der Waals surface area contributed by atoms with Gasteiger partial charge >= 0.3 is 0 Å². The number of nitrogens with zero attached hydrogens (tertiary/aromatic N) is 1. The van der Waals surface area contributed by atoms with Crippen LogP contribution >= 0.6 is 11.6 Å². The van der Waals surface area contributed by atoms with E-state index in [1.807, 2.05) is 0 Å². The van der Waals surface area contributed by atoms with Crippen LogP contribution in [0.3, 0.4) is 0 Å². The molecule has 4 aromatic rings. The zero-order chi connectivity index (χ0) is 25.7. The van der Waals surface area contributed by atoms with Crippen molar-refractivity contribution >= 4 is 34.1 Å². The van der Waals surface area contributed by atoms with Crippen molar-refractivity contribution in [3.05, 3.63) is 88.8 Å². The first-order chi connectivity index (χ1) is 17.4. The Kier molecular flexibility index (Phi) is 7.80. The summed E-state index contributed by atoms with van der Waals surface area (Å²) in [5, 5.41) is 0.931. The van der Waals surface area contributed by atoms with Crippen LogP contribution in [-0.2, 0) is 22.4 Å². The summed E-state index contributed by atoms with van der Waals surface area (Å²) >= 11 is 5.97. The number of aromatic nitrogens is 1. The lowest BCUT2D eigenvalue weighted by Crippen LogP contribution is -2.12. The monoisotopic (exact) mass is 507 g/mol. The Morgan fingerprint density at radius 1 is 0.861 bits per heavy atom. The van der Waals surface area contributed by atoms with E-state index in [0.29, 0.717) is 34.1 Å². The van der Waals surface area contributed by atoms with Crippen LogP contribution in [0.1, 0.15) is 17.5 Å². The van der Waals surface area contributed by atoms with Crippen LogP contribution in [0.25, 0.3) is 10.9 Å². The van der Waals surface area contributed by atoms with Crippen LogP contribution in [0.2, 0.25) is 5.02 Å². The van der Waals surface area contributed by atoms with Gasteiger partial charge in [-0.25, -0.2) is 4.39 Å². The molecule has 8 heteroatoms. The number of halogens is 2. The third-order valence-corrected chi connectivity index (χ3v) is 5.91. The fourth-order valence-corrected chi connectivity index (χ4v) is 4.02. The molecular formula is C28H23ClFNO5. The number of fused-ring (bicyclic) bond motifs is 1. The van der Waals surface area contributed by atoms with Crippen LogP contribution in [0, 0.1) is 5.82 Å². The fraction of sp³-hybridized carbons (Fsp3) is 0.179. The number of methoxy groups -OCH3 is 2. The molecule has 0 bridgehead atoms. The first-order valence-corrected chi connectivity index (χ1v) is 11.5. The largest absolute Gasteiger partial charge is 0.493 e. The molecule has 0 aliphatic rings. The van der Waals surface area contributed by atoms with E-state index in [-0.39, 0.29) is 35.9 Å². The number of hydrogen-bond acceptors (Lipinski definition) is 6. The molecule has 1 aromatic heterocycles. The van der Waals surface area contributed by atoms with E-state index in [0.717, 1.165) is 17.0 Å². The molecule has 0 saturated heterocycles. The predicted octanol–water partition coefficient (Wildman–Crippen LogP) is 6.15. The number of ether oxygens (including phenoxy) is 3. The summed E-state index contributed by atoms with van der Waals surface area (Å²) in [4.78, 5) is 29.1. The van der Waals surface area contributed by atoms with Gasteiger partial charge in [-0.3, -0.25) is 14.6 Å². The van der Waals surface area contributed by atoms with Crippen molar-refractivity contribution in [2.45, 2.75) is 19.3 Å². The van der Waals surface area contributed by atoms with Gasteiger partial charge in [0.15, 0.2) is 11.5 Å². The molecule has 1 heterocycles. The van der Waals surface area contributed by atoms with Gasteiger partial charge in [0.1, 0.15) is 28.9 Å². The SMILES string of the molecule is COc1cc2nccc(Oc3ccc(CC(=O)CC(=O)Cc4ccc(F)cc4Cl)cc3)c2cc1OC. The fourth-order valence-electron chi connectivity index (χ4n) is 3.79. The highest BCUT2D eigenvalue weighted by molar-refractivity contribution is 6.31. The van der Waals surface area contributed by atoms with Crippen molar-refractivity contribution in [2.24, 2.45) is 0 Å². The third kappa shape index (κ3) is 5.98. The first kappa shape index (κ1) is 25.1. The molecule has 0 atom stereocenters. The summed E-state index contributed by atoms with van der Waals surface area (Å²) in [6, 6.07) is 16.3. The molecule has 6 nitrogen and oxygen atoms in total. The normalized spacial score (nSPS) is 10.8. The summed E-state index contributed by atoms with van der Waals surface area (Å²) in [5.41, 5.74) is 1.95. The van der Waals surface area contributed by atoms with Crippen LogP contribution < -0.4 is 14.2 Å². The van der Waals surface area contributed by atoms with Gasteiger partial charge in [-0.05, 0) is 47.5 Å². The van der Waals surface area contributed by atoms with Gasteiger partial charge in [-0.15, -0.1) is 0 Å². The van der Waals surface area contributed by atoms with Crippen molar-refractivity contribution in [1.82, 2.24) is 4.98 Å². The lowest BCUT2D eigenvalue weighted by molar-refractivity contribution is -0.126. The topological polar surface area (TPSA) is 74.7 Å². The Morgan fingerprint density at radius 3 is 2.25 bits per heavy atom. The average Bonchev–Trinajstić information content (AvgIpc) is 2.86. The number of benzene rings is 3. The summed E-state index contributed by atoms with van der Waals surface area (Å²) < 4.78 is 30.0. The van der Waals surface area contributed by atoms with Gasteiger partial charge in [-0.2, -0.15) is 0 Å². The molecule has 0 saturated carbocycles. The Morgan fingerprint density at radius 2 is 1.56 bits per heavy atom. The first-order valence-electron chi connectivity index (χ1n) is 11.1. The second kappa shape index (κ2) is 11.2. The minimum atomic E-state index is -0.475. The van der Waals surface area contributed by atoms with Gasteiger partial charge in [0.05, 0.1) is 26.2 Å². The zero-order valence-corrected chi connectivity index (χ0v) is 20.5. The Hall–Kier alpha value is -3.97. The standard InChI is InChI=1S/C28H23ClFNO5/c1-34-27-15-23-25(16-28(27)35-2)31-10-9-26(23)36-22-7-3-17(4-8-22)11-20(32)14-21(33)12-18-5-6-19(30)13-24(18)29/h3-10,13,15-16H,11-12,14H2,1-2H3. The molecule has 0 spiro atoms. The minimum absolute atomic E-state index is 0.0197. The number of Topliss-reactive ketones (excluding diaryl/α,β-unsaturated/α-hetero) is 2. The van der Waals surface area contributed by atoms with Gasteiger partial charge in [0.2, 0.25) is 0 Å². The summed E-state index contributed by atoms with van der Waals surface area (Å²) in [5.74, 6) is 1.34. The van der Waals surface area contributed by atoms with Crippen LogP contribution in [0.4, 0.5) is 4.39 Å². The molecule has 0 unspecified atom stereocenters. The van der Waals surface area contributed by atoms with Crippen LogP contribution in [-0.4, -0.2) is 30.8 Å². The maximum atomic E-state index is 13.2. The van der Waals surface area contributed by atoms with Crippen molar-refractivity contribution in [2.75, 3.05) is 14.2 Å². The molecule has 0 N–H and O–H groups in total. The van der Waals surface area contributed by atoms with Crippen molar-refractivity contribution < 1.29 is 28.2 Å². The number of pyridine rings is 1. The van der Waals surface area contributed by atoms with Crippen molar-refractivity contribution in [3.8, 4) is 23.0 Å². The summed E-state index contributed by atoms with van der Waals surface area (Å²) in [7, 11) is 3.12.